The molecule has 2 aromatic rings. The highest BCUT2D eigenvalue weighted by Gasteiger charge is 2.24. The van der Waals surface area contributed by atoms with Gasteiger partial charge in [0, 0.05) is 43.0 Å². The average molecular weight is 432 g/mol. The first-order valence-electron chi connectivity index (χ1n) is 8.69. The number of benzene rings is 1. The number of carbonyl (C=O) groups excluding carboxylic acids is 1. The smallest absolute Gasteiger partial charge is 0.257 e. The number of hydrogen-bond acceptors (Lipinski definition) is 6. The van der Waals surface area contributed by atoms with Gasteiger partial charge in [0.25, 0.3) is 5.91 Å². The standard InChI is InChI=1S/C19H25N3O4.2ClH/c1-24-16-8-15(9-17(10-16)25-2)21-14-3-5-22(6-4-14)19(23)13-7-18(11-20)26-12-13;;/h7-10,12,14,21H,3-6,11,20H2,1-2H3;2*1H. The Hall–Kier alpha value is -2.09. The zero-order chi connectivity index (χ0) is 18.5. The lowest BCUT2D eigenvalue weighted by atomic mass is 10.0. The van der Waals surface area contributed by atoms with Gasteiger partial charge in [0.1, 0.15) is 23.5 Å². The van der Waals surface area contributed by atoms with Crippen molar-refractivity contribution in [3.05, 3.63) is 41.9 Å². The summed E-state index contributed by atoms with van der Waals surface area (Å²) in [5.74, 6) is 2.11. The van der Waals surface area contributed by atoms with Crippen LogP contribution in [0.2, 0.25) is 0 Å². The van der Waals surface area contributed by atoms with Gasteiger partial charge >= 0.3 is 0 Å². The number of carbonyl (C=O) groups is 1. The van der Waals surface area contributed by atoms with E-state index in [9.17, 15) is 4.79 Å². The van der Waals surface area contributed by atoms with Crippen molar-refractivity contribution in [2.45, 2.75) is 25.4 Å². The van der Waals surface area contributed by atoms with Crippen LogP contribution in [0.3, 0.4) is 0 Å². The SMILES string of the molecule is COc1cc(NC2CCN(C(=O)c3coc(CN)c3)CC2)cc(OC)c1.Cl.Cl. The third kappa shape index (κ3) is 5.70. The minimum atomic E-state index is -0.00468. The monoisotopic (exact) mass is 431 g/mol. The second-order valence-corrected chi connectivity index (χ2v) is 6.32. The molecule has 1 aromatic heterocycles. The molecule has 9 heteroatoms. The summed E-state index contributed by atoms with van der Waals surface area (Å²) in [6.45, 7) is 1.69. The fourth-order valence-corrected chi connectivity index (χ4v) is 3.14. The van der Waals surface area contributed by atoms with E-state index in [1.807, 2.05) is 23.1 Å². The number of amides is 1. The number of piperidine rings is 1. The van der Waals surface area contributed by atoms with Crippen LogP contribution in [-0.2, 0) is 6.54 Å². The molecule has 1 amide bonds. The molecule has 0 radical (unpaired) electrons. The second kappa shape index (κ2) is 11.0. The van der Waals surface area contributed by atoms with Gasteiger partial charge < -0.3 is 29.8 Å². The van der Waals surface area contributed by atoms with Crippen LogP contribution in [0.5, 0.6) is 11.5 Å². The summed E-state index contributed by atoms with van der Waals surface area (Å²) in [4.78, 5) is 14.4. The Morgan fingerprint density at radius 3 is 2.25 bits per heavy atom. The summed E-state index contributed by atoms with van der Waals surface area (Å²) in [5.41, 5.74) is 7.05. The lowest BCUT2D eigenvalue weighted by molar-refractivity contribution is 0.0718. The Morgan fingerprint density at radius 2 is 1.75 bits per heavy atom. The molecule has 28 heavy (non-hydrogen) atoms. The molecule has 0 aliphatic carbocycles. The van der Waals surface area contributed by atoms with Crippen molar-refractivity contribution < 1.29 is 18.7 Å². The largest absolute Gasteiger partial charge is 0.497 e. The molecule has 0 bridgehead atoms. The molecule has 7 nitrogen and oxygen atoms in total. The fraction of sp³-hybridized carbons (Fsp3) is 0.421. The van der Waals surface area contributed by atoms with Crippen molar-refractivity contribution in [1.82, 2.24) is 4.90 Å². The van der Waals surface area contributed by atoms with E-state index in [1.54, 1.807) is 20.3 Å². The zero-order valence-electron chi connectivity index (χ0n) is 16.0. The van der Waals surface area contributed by atoms with Crippen molar-refractivity contribution in [3.63, 3.8) is 0 Å². The number of nitrogens with zero attached hydrogens (tertiary/aromatic N) is 1. The summed E-state index contributed by atoms with van der Waals surface area (Å²) >= 11 is 0. The third-order valence-electron chi connectivity index (χ3n) is 4.61. The Morgan fingerprint density at radius 1 is 1.14 bits per heavy atom. The molecule has 3 N–H and O–H groups in total. The van der Waals surface area contributed by atoms with E-state index in [-0.39, 0.29) is 30.7 Å². The van der Waals surface area contributed by atoms with Crippen LogP contribution in [0.25, 0.3) is 0 Å². The predicted octanol–water partition coefficient (Wildman–Crippen LogP) is 3.32. The third-order valence-corrected chi connectivity index (χ3v) is 4.61. The molecule has 0 atom stereocenters. The van der Waals surface area contributed by atoms with Gasteiger partial charge in [-0.1, -0.05) is 0 Å². The summed E-state index contributed by atoms with van der Waals surface area (Å²) in [7, 11) is 3.27. The zero-order valence-corrected chi connectivity index (χ0v) is 17.6. The van der Waals surface area contributed by atoms with Gasteiger partial charge in [-0.25, -0.2) is 0 Å². The highest BCUT2D eigenvalue weighted by Crippen LogP contribution is 2.27. The molecule has 1 fully saturated rings. The maximum absolute atomic E-state index is 12.5. The fourth-order valence-electron chi connectivity index (χ4n) is 3.14. The molecule has 1 saturated heterocycles. The minimum absolute atomic E-state index is 0. The van der Waals surface area contributed by atoms with E-state index in [0.717, 1.165) is 30.0 Å². The molecule has 0 unspecified atom stereocenters. The normalized spacial score (nSPS) is 13.9. The first-order valence-corrected chi connectivity index (χ1v) is 8.69. The number of rotatable bonds is 6. The van der Waals surface area contributed by atoms with Gasteiger partial charge in [0.2, 0.25) is 0 Å². The Bertz CT molecular complexity index is 739. The van der Waals surface area contributed by atoms with Crippen LogP contribution in [0.1, 0.15) is 29.0 Å². The molecule has 1 aromatic carbocycles. The summed E-state index contributed by atoms with van der Waals surface area (Å²) in [6, 6.07) is 7.74. The van der Waals surface area contributed by atoms with E-state index >= 15 is 0 Å². The maximum Gasteiger partial charge on any atom is 0.257 e. The van der Waals surface area contributed by atoms with Gasteiger partial charge in [-0.05, 0) is 18.9 Å². The molecule has 0 saturated carbocycles. The van der Waals surface area contributed by atoms with Crippen molar-refractivity contribution in [2.75, 3.05) is 32.6 Å². The molecule has 156 valence electrons. The number of anilines is 1. The summed E-state index contributed by atoms with van der Waals surface area (Å²) in [5, 5.41) is 3.51. The van der Waals surface area contributed by atoms with Crippen LogP contribution in [0.4, 0.5) is 5.69 Å². The lowest BCUT2D eigenvalue weighted by Crippen LogP contribution is -2.42. The molecule has 1 aliphatic rings. The van der Waals surface area contributed by atoms with Gasteiger partial charge in [-0.3, -0.25) is 4.79 Å². The van der Waals surface area contributed by atoms with Gasteiger partial charge in [-0.2, -0.15) is 0 Å². The molecule has 2 heterocycles. The number of halogens is 2. The van der Waals surface area contributed by atoms with Crippen LogP contribution < -0.4 is 20.5 Å². The number of furan rings is 1. The predicted molar refractivity (Wildman–Crippen MR) is 113 cm³/mol. The highest BCUT2D eigenvalue weighted by atomic mass is 35.5. The topological polar surface area (TPSA) is 90.0 Å². The van der Waals surface area contributed by atoms with Gasteiger partial charge in [-0.15, -0.1) is 24.8 Å². The lowest BCUT2D eigenvalue weighted by Gasteiger charge is -2.32. The first kappa shape index (κ1) is 23.9. The maximum atomic E-state index is 12.5. The van der Waals surface area contributed by atoms with Crippen molar-refractivity contribution >= 4 is 36.4 Å². The van der Waals surface area contributed by atoms with E-state index in [4.69, 9.17) is 19.6 Å². The number of methoxy groups -OCH3 is 2. The number of likely N-dealkylation sites (tertiary alicyclic amines) is 1. The van der Waals surface area contributed by atoms with E-state index < -0.39 is 0 Å². The van der Waals surface area contributed by atoms with Crippen molar-refractivity contribution in [2.24, 2.45) is 5.73 Å². The van der Waals surface area contributed by atoms with E-state index in [2.05, 4.69) is 5.32 Å². The molecule has 1 aliphatic heterocycles. The van der Waals surface area contributed by atoms with Crippen molar-refractivity contribution in [1.29, 1.82) is 0 Å². The van der Waals surface area contributed by atoms with Crippen LogP contribution >= 0.6 is 24.8 Å². The minimum Gasteiger partial charge on any atom is -0.497 e. The quantitative estimate of drug-likeness (QED) is 0.728. The second-order valence-electron chi connectivity index (χ2n) is 6.32. The molecular formula is C19H27Cl2N3O4. The van der Waals surface area contributed by atoms with Crippen molar-refractivity contribution in [3.8, 4) is 11.5 Å². The number of nitrogens with one attached hydrogen (secondary N) is 1. The van der Waals surface area contributed by atoms with Gasteiger partial charge in [0.05, 0.1) is 26.3 Å². The first-order chi connectivity index (χ1) is 12.6. The Kier molecular flexibility index (Phi) is 9.45. The number of hydrogen-bond donors (Lipinski definition) is 2. The highest BCUT2D eigenvalue weighted by molar-refractivity contribution is 5.94. The Labute approximate surface area is 177 Å². The van der Waals surface area contributed by atoms with E-state index in [1.165, 1.54) is 6.26 Å². The van der Waals surface area contributed by atoms with Gasteiger partial charge in [0.15, 0.2) is 0 Å². The molecule has 3 rings (SSSR count). The molecule has 0 spiro atoms. The summed E-state index contributed by atoms with van der Waals surface area (Å²) < 4.78 is 15.9. The average Bonchev–Trinajstić information content (AvgIpc) is 3.17. The number of nitrogens with two attached hydrogens (primary N) is 1. The number of ether oxygens (including phenoxy) is 2. The molecular weight excluding hydrogens is 405 g/mol. The van der Waals surface area contributed by atoms with Crippen LogP contribution in [0.15, 0.2) is 34.9 Å². The van der Waals surface area contributed by atoms with Crippen LogP contribution in [-0.4, -0.2) is 44.2 Å². The summed E-state index contributed by atoms with van der Waals surface area (Å²) in [6.07, 6.45) is 3.22. The van der Waals surface area contributed by atoms with E-state index in [0.29, 0.717) is 37.0 Å². The Balaban J connectivity index is 0.00000196. The van der Waals surface area contributed by atoms with Crippen LogP contribution in [0, 0.1) is 0 Å².